The van der Waals surface area contributed by atoms with Crippen LogP contribution in [0.2, 0.25) is 0 Å². The molecule has 0 radical (unpaired) electrons. The maximum absolute atomic E-state index is 7.40. The predicted molar refractivity (Wildman–Crippen MR) is 272 cm³/mol. The van der Waals surface area contributed by atoms with Gasteiger partial charge in [0, 0.05) is 39.4 Å². The number of anilines is 5. The lowest BCUT2D eigenvalue weighted by atomic mass is 9.35. The van der Waals surface area contributed by atoms with Crippen LogP contribution in [0.5, 0.6) is 0 Å². The number of hydrogen-bond donors (Lipinski definition) is 0. The van der Waals surface area contributed by atoms with Crippen molar-refractivity contribution in [2.24, 2.45) is 11.3 Å². The van der Waals surface area contributed by atoms with Gasteiger partial charge >= 0.3 is 0 Å². The summed E-state index contributed by atoms with van der Waals surface area (Å²) in [6, 6.07) is 37.6. The molecule has 2 aliphatic heterocycles. The van der Waals surface area contributed by atoms with Gasteiger partial charge in [0.15, 0.2) is 0 Å². The van der Waals surface area contributed by atoms with Gasteiger partial charge in [0.1, 0.15) is 5.58 Å². The summed E-state index contributed by atoms with van der Waals surface area (Å²) in [4.78, 5) is 5.23. The number of aryl methyl sites for hydroxylation is 1. The minimum atomic E-state index is -0.103. The van der Waals surface area contributed by atoms with Gasteiger partial charge in [0.25, 0.3) is 6.71 Å². The fraction of sp³-hybridized carbons (Fsp3) is 0.390. The highest BCUT2D eigenvalue weighted by atomic mass is 16.3. The summed E-state index contributed by atoms with van der Waals surface area (Å²) in [6.45, 7) is 33.1. The molecule has 0 saturated carbocycles. The molecule has 0 amide bonds. The first kappa shape index (κ1) is 41.8. The lowest BCUT2D eigenvalue weighted by Crippen LogP contribution is -2.62. The van der Waals surface area contributed by atoms with Crippen LogP contribution in [-0.2, 0) is 21.7 Å². The number of rotatable bonds is 3. The summed E-state index contributed by atoms with van der Waals surface area (Å²) in [7, 11) is 0. The molecule has 4 heteroatoms. The van der Waals surface area contributed by atoms with Crippen LogP contribution >= 0.6 is 0 Å². The molecule has 322 valence electrons. The Labute approximate surface area is 378 Å². The molecule has 3 nitrogen and oxygen atoms in total. The third-order valence-corrected chi connectivity index (χ3v) is 15.3. The summed E-state index contributed by atoms with van der Waals surface area (Å²) in [5.41, 5.74) is 21.6. The number of furan rings is 1. The fourth-order valence-electron chi connectivity index (χ4n) is 11.2. The molecule has 6 aromatic rings. The minimum absolute atomic E-state index is 0.0209. The van der Waals surface area contributed by atoms with E-state index in [0.717, 1.165) is 36.2 Å². The van der Waals surface area contributed by atoms with E-state index in [0.29, 0.717) is 5.92 Å². The molecule has 10 rings (SSSR count). The molecule has 1 aromatic heterocycles. The minimum Gasteiger partial charge on any atom is -0.468 e. The van der Waals surface area contributed by atoms with E-state index in [2.05, 4.69) is 216 Å². The van der Waals surface area contributed by atoms with Crippen LogP contribution in [0.25, 0.3) is 16.5 Å². The Kier molecular flexibility index (Phi) is 9.21. The number of fused-ring (bicyclic) bond motifs is 7. The zero-order valence-electron chi connectivity index (χ0n) is 40.5. The van der Waals surface area contributed by atoms with Gasteiger partial charge < -0.3 is 14.2 Å². The van der Waals surface area contributed by atoms with Gasteiger partial charge in [-0.15, -0.1) is 0 Å². The summed E-state index contributed by atoms with van der Waals surface area (Å²) in [5.74, 6) is 0.408. The maximum atomic E-state index is 7.40. The van der Waals surface area contributed by atoms with Gasteiger partial charge in [0.05, 0.1) is 11.3 Å². The van der Waals surface area contributed by atoms with Gasteiger partial charge in [-0.3, -0.25) is 0 Å². The summed E-state index contributed by atoms with van der Waals surface area (Å²) in [6.07, 6.45) is 8.46. The maximum Gasteiger partial charge on any atom is 0.297 e. The van der Waals surface area contributed by atoms with Gasteiger partial charge in [-0.05, 0) is 146 Å². The SMILES string of the molecule is Cc1cc2c3c(c1)N(c1ccc(C(C)(C)C)cc1)c1c(oc4ccc(C(C)(C)C)cc14)B3c1cc3c(cc1N2C1=CCC(C(C)(C)C)C=C1c1ccccc1)C(C)(C)CCC3(C)C. The highest BCUT2D eigenvalue weighted by Gasteiger charge is 2.50. The molecule has 3 heterocycles. The van der Waals surface area contributed by atoms with Crippen molar-refractivity contribution < 1.29 is 4.42 Å². The van der Waals surface area contributed by atoms with Crippen molar-refractivity contribution in [1.82, 2.24) is 0 Å². The first-order chi connectivity index (χ1) is 29.5. The number of nitrogens with zero attached hydrogens (tertiary/aromatic N) is 2. The van der Waals surface area contributed by atoms with Crippen LogP contribution in [0.15, 0.2) is 119 Å². The largest absolute Gasteiger partial charge is 0.468 e. The van der Waals surface area contributed by atoms with Crippen LogP contribution in [-0.4, -0.2) is 6.71 Å². The molecule has 0 bridgehead atoms. The Bertz CT molecular complexity index is 2880. The van der Waals surface area contributed by atoms with Crippen LogP contribution in [0.1, 0.15) is 143 Å². The van der Waals surface area contributed by atoms with E-state index in [9.17, 15) is 0 Å². The fourth-order valence-corrected chi connectivity index (χ4v) is 11.2. The van der Waals surface area contributed by atoms with E-state index in [-0.39, 0.29) is 33.8 Å². The zero-order chi connectivity index (χ0) is 44.8. The number of benzene rings is 5. The van der Waals surface area contributed by atoms with Crippen molar-refractivity contribution in [3.8, 4) is 0 Å². The molecule has 4 aliphatic rings. The summed E-state index contributed by atoms with van der Waals surface area (Å²) in [5, 5.41) is 1.17. The first-order valence-electron chi connectivity index (χ1n) is 23.6. The Morgan fingerprint density at radius 3 is 1.87 bits per heavy atom. The molecule has 0 fully saturated rings. The standard InChI is InChI=1S/C59H67BN2O/c1-36-30-49-52-50(31-36)62(47-26-22-39(56(5,6)7)32-42(47)37-18-16-15-17-19-37)48-35-45-44(58(11,12)28-29-59(45,13)14)34-46(48)60(52)54-53(43-33-40(57(8,9)10)23-27-51(43)63-54)61(49)41-24-20-38(21-25-41)55(2,3)4/h15-21,23-27,30-35,39H,22,28-29H2,1-14H3. The molecule has 1 unspecified atom stereocenters. The monoisotopic (exact) mass is 831 g/mol. The van der Waals surface area contributed by atoms with E-state index < -0.39 is 0 Å². The van der Waals surface area contributed by atoms with Crippen molar-refractivity contribution in [3.05, 3.63) is 148 Å². The van der Waals surface area contributed by atoms with Crippen molar-refractivity contribution in [3.63, 3.8) is 0 Å². The molecule has 0 spiro atoms. The highest BCUT2D eigenvalue weighted by molar-refractivity contribution is 7.00. The topological polar surface area (TPSA) is 19.6 Å². The molecule has 5 aromatic carbocycles. The van der Waals surface area contributed by atoms with E-state index in [1.54, 1.807) is 0 Å². The van der Waals surface area contributed by atoms with Crippen molar-refractivity contribution in [1.29, 1.82) is 0 Å². The molecule has 63 heavy (non-hydrogen) atoms. The Morgan fingerprint density at radius 2 is 1.25 bits per heavy atom. The average molecular weight is 831 g/mol. The predicted octanol–water partition coefficient (Wildman–Crippen LogP) is 14.5. The third-order valence-electron chi connectivity index (χ3n) is 15.3. The van der Waals surface area contributed by atoms with Crippen LogP contribution in [0.3, 0.4) is 0 Å². The smallest absolute Gasteiger partial charge is 0.297 e. The number of hydrogen-bond acceptors (Lipinski definition) is 3. The van der Waals surface area contributed by atoms with Gasteiger partial charge in [0.2, 0.25) is 0 Å². The second-order valence-electron chi connectivity index (χ2n) is 23.9. The van der Waals surface area contributed by atoms with Crippen LogP contribution in [0.4, 0.5) is 28.4 Å². The lowest BCUT2D eigenvalue weighted by Gasteiger charge is -2.47. The number of allylic oxidation sites excluding steroid dienone is 3. The zero-order valence-corrected chi connectivity index (χ0v) is 40.5. The second kappa shape index (κ2) is 13.9. The molecule has 0 saturated heterocycles. The van der Waals surface area contributed by atoms with Crippen molar-refractivity contribution in [2.75, 3.05) is 9.80 Å². The van der Waals surface area contributed by atoms with E-state index in [4.69, 9.17) is 4.42 Å². The van der Waals surface area contributed by atoms with Crippen molar-refractivity contribution in [2.45, 2.75) is 138 Å². The quantitative estimate of drug-likeness (QED) is 0.165. The lowest BCUT2D eigenvalue weighted by molar-refractivity contribution is 0.294. The van der Waals surface area contributed by atoms with Gasteiger partial charge in [-0.25, -0.2) is 0 Å². The van der Waals surface area contributed by atoms with E-state index in [1.807, 2.05) is 0 Å². The summed E-state index contributed by atoms with van der Waals surface area (Å²) < 4.78 is 7.40. The second-order valence-corrected chi connectivity index (χ2v) is 23.9. The van der Waals surface area contributed by atoms with E-state index >= 15 is 0 Å². The van der Waals surface area contributed by atoms with Crippen LogP contribution in [0, 0.1) is 18.3 Å². The Morgan fingerprint density at radius 1 is 0.651 bits per heavy atom. The molecule has 1 atom stereocenters. The van der Waals surface area contributed by atoms with Gasteiger partial charge in [-0.1, -0.05) is 157 Å². The summed E-state index contributed by atoms with van der Waals surface area (Å²) >= 11 is 0. The Balaban J connectivity index is 1.33. The molecule has 0 N–H and O–H groups in total. The average Bonchev–Trinajstić information content (AvgIpc) is 3.60. The normalized spacial score (nSPS) is 19.0. The molecular weight excluding hydrogens is 763 g/mol. The van der Waals surface area contributed by atoms with E-state index in [1.165, 1.54) is 83.7 Å². The Hall–Kier alpha value is -5.22. The third kappa shape index (κ3) is 6.68. The molecular formula is C59H67BN2O. The highest BCUT2D eigenvalue weighted by Crippen LogP contribution is 2.53. The van der Waals surface area contributed by atoms with Crippen LogP contribution < -0.4 is 26.4 Å². The van der Waals surface area contributed by atoms with Crippen molar-refractivity contribution >= 4 is 68.3 Å². The van der Waals surface area contributed by atoms with Gasteiger partial charge in [-0.2, -0.15) is 0 Å². The first-order valence-corrected chi connectivity index (χ1v) is 23.6. The molecule has 2 aliphatic carbocycles.